The molecule has 1 aromatic heterocycles. The van der Waals surface area contributed by atoms with Crippen LogP contribution in [-0.4, -0.2) is 29.9 Å². The quantitative estimate of drug-likeness (QED) is 0.737. The number of amides is 1. The first kappa shape index (κ1) is 19.5. The van der Waals surface area contributed by atoms with Crippen molar-refractivity contribution >= 4 is 16.8 Å². The fraction of sp³-hybridized carbons (Fsp3) is 0.200. The van der Waals surface area contributed by atoms with Gasteiger partial charge in [-0.25, -0.2) is 0 Å². The first-order chi connectivity index (χ1) is 13.2. The number of ether oxygens (including phenoxy) is 1. The first-order valence-corrected chi connectivity index (χ1v) is 8.31. The summed E-state index contributed by atoms with van der Waals surface area (Å²) >= 11 is 0. The number of alkyl halides is 3. The highest BCUT2D eigenvalue weighted by Crippen LogP contribution is 2.29. The lowest BCUT2D eigenvalue weighted by Crippen LogP contribution is -2.30. The van der Waals surface area contributed by atoms with Crippen LogP contribution in [-0.2, 0) is 12.7 Å². The first-order valence-electron chi connectivity index (χ1n) is 8.31. The summed E-state index contributed by atoms with van der Waals surface area (Å²) < 4.78 is 43.0. The van der Waals surface area contributed by atoms with Crippen LogP contribution in [0.3, 0.4) is 0 Å². The molecule has 0 bridgehead atoms. The summed E-state index contributed by atoms with van der Waals surface area (Å²) in [6.45, 7) is 0.0665. The largest absolute Gasteiger partial charge is 0.497 e. The Morgan fingerprint density at radius 1 is 1.14 bits per heavy atom. The molecule has 0 saturated carbocycles. The Balaban J connectivity index is 1.83. The van der Waals surface area contributed by atoms with E-state index in [4.69, 9.17) is 4.74 Å². The van der Waals surface area contributed by atoms with Crippen LogP contribution in [0.25, 0.3) is 10.9 Å². The van der Waals surface area contributed by atoms with Crippen molar-refractivity contribution in [2.75, 3.05) is 14.2 Å². The number of nitrogens with zero attached hydrogens (tertiary/aromatic N) is 1. The molecule has 3 aromatic rings. The molecular formula is C20H17F3N2O3. The van der Waals surface area contributed by atoms with Crippen molar-refractivity contribution in [2.24, 2.45) is 0 Å². The number of benzene rings is 2. The number of rotatable bonds is 4. The minimum atomic E-state index is -4.42. The van der Waals surface area contributed by atoms with Crippen LogP contribution in [0, 0.1) is 0 Å². The molecule has 8 heteroatoms. The minimum Gasteiger partial charge on any atom is -0.497 e. The van der Waals surface area contributed by atoms with Crippen LogP contribution >= 0.6 is 0 Å². The molecule has 0 unspecified atom stereocenters. The third kappa shape index (κ3) is 3.85. The normalized spacial score (nSPS) is 11.5. The molecule has 0 atom stereocenters. The van der Waals surface area contributed by atoms with E-state index in [9.17, 15) is 22.8 Å². The number of hydrogen-bond donors (Lipinski definition) is 1. The predicted octanol–water partition coefficient (Wildman–Crippen LogP) is 3.83. The summed E-state index contributed by atoms with van der Waals surface area (Å²) in [4.78, 5) is 29.5. The van der Waals surface area contributed by atoms with Gasteiger partial charge in [-0.3, -0.25) is 9.59 Å². The molecule has 0 aliphatic heterocycles. The van der Waals surface area contributed by atoms with Crippen molar-refractivity contribution in [3.05, 3.63) is 75.6 Å². The van der Waals surface area contributed by atoms with Crippen molar-refractivity contribution in [3.8, 4) is 5.75 Å². The van der Waals surface area contributed by atoms with E-state index in [0.29, 0.717) is 22.2 Å². The van der Waals surface area contributed by atoms with Gasteiger partial charge in [0.05, 0.1) is 18.2 Å². The highest BCUT2D eigenvalue weighted by Gasteiger charge is 2.30. The van der Waals surface area contributed by atoms with Crippen molar-refractivity contribution in [1.82, 2.24) is 9.88 Å². The van der Waals surface area contributed by atoms with Gasteiger partial charge in [0.25, 0.3) is 5.91 Å². The molecule has 0 radical (unpaired) electrons. The smallest absolute Gasteiger partial charge is 0.416 e. The van der Waals surface area contributed by atoms with Gasteiger partial charge in [0, 0.05) is 31.2 Å². The fourth-order valence-electron chi connectivity index (χ4n) is 2.84. The van der Waals surface area contributed by atoms with Crippen LogP contribution in [0.4, 0.5) is 13.2 Å². The number of methoxy groups -OCH3 is 1. The molecule has 3 rings (SSSR count). The number of fused-ring (bicyclic) bond motifs is 1. The Kier molecular flexibility index (Phi) is 5.13. The van der Waals surface area contributed by atoms with Crippen LogP contribution in [0.15, 0.2) is 53.5 Å². The molecule has 1 heterocycles. The number of carbonyl (C=O) groups is 1. The lowest BCUT2D eigenvalue weighted by molar-refractivity contribution is -0.137. The van der Waals surface area contributed by atoms with Gasteiger partial charge in [-0.15, -0.1) is 0 Å². The summed E-state index contributed by atoms with van der Waals surface area (Å²) in [5.41, 5.74) is -0.184. The third-order valence-electron chi connectivity index (χ3n) is 4.37. The zero-order valence-corrected chi connectivity index (χ0v) is 15.1. The summed E-state index contributed by atoms with van der Waals surface area (Å²) in [5.74, 6) is 0.0421. The highest BCUT2D eigenvalue weighted by molar-refractivity contribution is 5.97. The van der Waals surface area contributed by atoms with Crippen LogP contribution in [0.1, 0.15) is 21.5 Å². The highest BCUT2D eigenvalue weighted by atomic mass is 19.4. The minimum absolute atomic E-state index is 0.0490. The summed E-state index contributed by atoms with van der Waals surface area (Å²) in [7, 11) is 2.99. The second-order valence-corrected chi connectivity index (χ2v) is 6.30. The molecule has 146 valence electrons. The van der Waals surface area contributed by atoms with E-state index in [-0.39, 0.29) is 12.1 Å². The number of H-pyrrole nitrogens is 1. The molecule has 0 aliphatic rings. The molecule has 28 heavy (non-hydrogen) atoms. The molecule has 0 spiro atoms. The zero-order valence-electron chi connectivity index (χ0n) is 15.1. The lowest BCUT2D eigenvalue weighted by Gasteiger charge is -2.18. The number of hydrogen-bond acceptors (Lipinski definition) is 3. The van der Waals surface area contributed by atoms with E-state index in [2.05, 4.69) is 4.98 Å². The molecule has 1 amide bonds. The van der Waals surface area contributed by atoms with E-state index < -0.39 is 23.1 Å². The van der Waals surface area contributed by atoms with Gasteiger partial charge >= 0.3 is 6.18 Å². The number of pyridine rings is 1. The zero-order chi connectivity index (χ0) is 20.5. The Hall–Kier alpha value is -3.29. The van der Waals surface area contributed by atoms with Gasteiger partial charge in [-0.2, -0.15) is 13.2 Å². The Bertz CT molecular complexity index is 1070. The second kappa shape index (κ2) is 7.38. The Labute approximate surface area is 158 Å². The van der Waals surface area contributed by atoms with E-state index in [1.165, 1.54) is 37.4 Å². The van der Waals surface area contributed by atoms with E-state index in [1.54, 1.807) is 18.2 Å². The molecule has 5 nitrogen and oxygen atoms in total. The molecule has 2 aromatic carbocycles. The number of aromatic nitrogens is 1. The van der Waals surface area contributed by atoms with Gasteiger partial charge in [0.1, 0.15) is 11.3 Å². The molecule has 1 N–H and O–H groups in total. The lowest BCUT2D eigenvalue weighted by atomic mass is 10.1. The topological polar surface area (TPSA) is 62.4 Å². The van der Waals surface area contributed by atoms with Crippen LogP contribution in [0.2, 0.25) is 0 Å². The van der Waals surface area contributed by atoms with Gasteiger partial charge in [-0.05, 0) is 29.8 Å². The molecule has 0 saturated heterocycles. The number of carbonyl (C=O) groups excluding carboxylic acids is 1. The molecular weight excluding hydrogens is 373 g/mol. The Morgan fingerprint density at radius 3 is 2.43 bits per heavy atom. The van der Waals surface area contributed by atoms with Crippen LogP contribution < -0.4 is 10.2 Å². The number of nitrogens with one attached hydrogen (secondary N) is 1. The van der Waals surface area contributed by atoms with Gasteiger partial charge in [0.2, 0.25) is 5.43 Å². The van der Waals surface area contributed by atoms with Crippen molar-refractivity contribution in [3.63, 3.8) is 0 Å². The SMILES string of the molecule is COc1ccc2c(=O)c(C(=O)N(C)Cc3ccc(C(F)(F)F)cc3)c[nH]c2c1. The average molecular weight is 390 g/mol. The van der Waals surface area contributed by atoms with E-state index in [1.807, 2.05) is 0 Å². The monoisotopic (exact) mass is 390 g/mol. The van der Waals surface area contributed by atoms with Crippen molar-refractivity contribution in [2.45, 2.75) is 12.7 Å². The fourth-order valence-corrected chi connectivity index (χ4v) is 2.84. The summed E-state index contributed by atoms with van der Waals surface area (Å²) in [6.07, 6.45) is -3.09. The maximum absolute atomic E-state index is 12.7. The summed E-state index contributed by atoms with van der Waals surface area (Å²) in [5, 5.41) is 0.342. The second-order valence-electron chi connectivity index (χ2n) is 6.30. The van der Waals surface area contributed by atoms with Gasteiger partial charge < -0.3 is 14.6 Å². The molecule has 0 aliphatic carbocycles. The number of aromatic amines is 1. The van der Waals surface area contributed by atoms with Crippen molar-refractivity contribution < 1.29 is 22.7 Å². The average Bonchev–Trinajstić information content (AvgIpc) is 2.67. The van der Waals surface area contributed by atoms with E-state index >= 15 is 0 Å². The maximum Gasteiger partial charge on any atom is 0.416 e. The van der Waals surface area contributed by atoms with Gasteiger partial charge in [-0.1, -0.05) is 12.1 Å². The third-order valence-corrected chi connectivity index (χ3v) is 4.37. The van der Waals surface area contributed by atoms with Gasteiger partial charge in [0.15, 0.2) is 0 Å². The predicted molar refractivity (Wildman–Crippen MR) is 98.4 cm³/mol. The molecule has 0 fully saturated rings. The van der Waals surface area contributed by atoms with Crippen molar-refractivity contribution in [1.29, 1.82) is 0 Å². The van der Waals surface area contributed by atoms with Crippen LogP contribution in [0.5, 0.6) is 5.75 Å². The van der Waals surface area contributed by atoms with E-state index in [0.717, 1.165) is 12.1 Å². The maximum atomic E-state index is 12.7. The number of halogens is 3. The Morgan fingerprint density at radius 2 is 1.82 bits per heavy atom. The summed E-state index contributed by atoms with van der Waals surface area (Å²) in [6, 6.07) is 9.38. The standard InChI is InChI=1S/C20H17F3N2O3/c1-25(11-12-3-5-13(6-4-12)20(21,22)23)19(27)16-10-24-17-9-14(28-2)7-8-15(17)18(16)26/h3-10H,11H2,1-2H3,(H,24,26).